The fourth-order valence-electron chi connectivity index (χ4n) is 2.56. The number of thiazole rings is 2. The summed E-state index contributed by atoms with van der Waals surface area (Å²) in [4.78, 5) is 34.0. The van der Waals surface area contributed by atoms with Gasteiger partial charge in [-0.1, -0.05) is 30.0 Å². The maximum atomic E-state index is 12.6. The van der Waals surface area contributed by atoms with E-state index in [0.29, 0.717) is 22.0 Å². The van der Waals surface area contributed by atoms with Crippen LogP contribution < -0.4 is 5.56 Å². The molecular weight excluding hydrogens is 414 g/mol. The summed E-state index contributed by atoms with van der Waals surface area (Å²) in [5.41, 5.74) is 2.63. The van der Waals surface area contributed by atoms with Crippen molar-refractivity contribution in [3.05, 3.63) is 80.2 Å². The highest BCUT2D eigenvalue weighted by Crippen LogP contribution is 2.27. The van der Waals surface area contributed by atoms with Crippen LogP contribution in [0.2, 0.25) is 0 Å². The highest BCUT2D eigenvalue weighted by molar-refractivity contribution is 8.00. The molecule has 0 spiro atoms. The van der Waals surface area contributed by atoms with Crippen LogP contribution in [0.5, 0.6) is 0 Å². The van der Waals surface area contributed by atoms with Crippen molar-refractivity contribution in [1.29, 1.82) is 0 Å². The predicted molar refractivity (Wildman–Crippen MR) is 111 cm³/mol. The number of thioether (sulfide) groups is 1. The Morgan fingerprint density at radius 3 is 2.93 bits per heavy atom. The topological polar surface area (TPSA) is 73.6 Å². The van der Waals surface area contributed by atoms with Crippen LogP contribution in [0.3, 0.4) is 0 Å². The van der Waals surface area contributed by atoms with E-state index in [1.54, 1.807) is 46.8 Å². The second-order valence-electron chi connectivity index (χ2n) is 5.92. The molecule has 0 N–H and O–H groups in total. The molecule has 3 aromatic heterocycles. The van der Waals surface area contributed by atoms with Crippen LogP contribution in [0.4, 0.5) is 0 Å². The van der Waals surface area contributed by atoms with E-state index in [0.717, 1.165) is 15.6 Å². The predicted octanol–water partition coefficient (Wildman–Crippen LogP) is 4.17. The van der Waals surface area contributed by atoms with E-state index >= 15 is 0 Å². The lowest BCUT2D eigenvalue weighted by Gasteiger charge is -2.09. The molecule has 0 saturated heterocycles. The number of carbonyl (C=O) groups excluding carboxylic acids is 1. The van der Waals surface area contributed by atoms with E-state index < -0.39 is 5.97 Å². The van der Waals surface area contributed by atoms with Gasteiger partial charge >= 0.3 is 5.97 Å². The fourth-order valence-corrected chi connectivity index (χ4v) is 5.15. The molecule has 0 bridgehead atoms. The average Bonchev–Trinajstić information content (AvgIpc) is 3.33. The van der Waals surface area contributed by atoms with Gasteiger partial charge in [0.05, 0.1) is 11.3 Å². The summed E-state index contributed by atoms with van der Waals surface area (Å²) in [7, 11) is 0. The lowest BCUT2D eigenvalue weighted by Crippen LogP contribution is -2.15. The molecule has 28 heavy (non-hydrogen) atoms. The van der Waals surface area contributed by atoms with Gasteiger partial charge in [0.2, 0.25) is 0 Å². The van der Waals surface area contributed by atoms with Crippen molar-refractivity contribution in [3.8, 4) is 0 Å². The van der Waals surface area contributed by atoms with Crippen molar-refractivity contribution in [3.63, 3.8) is 0 Å². The van der Waals surface area contributed by atoms with Gasteiger partial charge in [-0.15, -0.1) is 22.7 Å². The Balaban J connectivity index is 1.46. The quantitative estimate of drug-likeness (QED) is 0.338. The first-order chi connectivity index (χ1) is 13.6. The molecule has 4 aromatic rings. The van der Waals surface area contributed by atoms with Crippen molar-refractivity contribution < 1.29 is 9.53 Å². The van der Waals surface area contributed by atoms with Gasteiger partial charge in [0.15, 0.2) is 4.96 Å². The standard InChI is InChI=1S/C19H15N3O3S3/c1-12-10-27-19(20-12)28-11-13-4-2-3-5-15(13)17(24)25-9-14-8-16(23)22-6-7-26-18(22)21-14/h2-8,10H,9,11H2,1H3. The number of fused-ring (bicyclic) bond motifs is 1. The number of nitrogens with zero attached hydrogens (tertiary/aromatic N) is 3. The number of benzene rings is 1. The maximum absolute atomic E-state index is 12.6. The molecule has 0 atom stereocenters. The summed E-state index contributed by atoms with van der Waals surface area (Å²) >= 11 is 4.54. The maximum Gasteiger partial charge on any atom is 0.338 e. The average molecular weight is 430 g/mol. The van der Waals surface area contributed by atoms with E-state index in [9.17, 15) is 9.59 Å². The van der Waals surface area contributed by atoms with Crippen molar-refractivity contribution >= 4 is 45.4 Å². The summed E-state index contributed by atoms with van der Waals surface area (Å²) in [6.45, 7) is 1.91. The van der Waals surface area contributed by atoms with E-state index in [2.05, 4.69) is 9.97 Å². The first kappa shape index (κ1) is 18.9. The highest BCUT2D eigenvalue weighted by Gasteiger charge is 2.14. The largest absolute Gasteiger partial charge is 0.456 e. The molecule has 0 aliphatic carbocycles. The van der Waals surface area contributed by atoms with Crippen LogP contribution >= 0.6 is 34.4 Å². The Morgan fingerprint density at radius 2 is 2.11 bits per heavy atom. The fraction of sp³-hybridized carbons (Fsp3) is 0.158. The third-order valence-electron chi connectivity index (χ3n) is 3.89. The van der Waals surface area contributed by atoms with Crippen molar-refractivity contribution in [2.45, 2.75) is 23.6 Å². The molecule has 3 heterocycles. The third-order valence-corrected chi connectivity index (χ3v) is 6.84. The van der Waals surface area contributed by atoms with Gasteiger partial charge in [-0.3, -0.25) is 9.20 Å². The number of rotatable bonds is 6. The molecule has 0 radical (unpaired) electrons. The second kappa shape index (κ2) is 8.26. The number of hydrogen-bond donors (Lipinski definition) is 0. The third kappa shape index (κ3) is 4.16. The minimum atomic E-state index is -0.431. The number of hydrogen-bond acceptors (Lipinski definition) is 8. The Bertz CT molecular complexity index is 1200. The van der Waals surface area contributed by atoms with E-state index in [4.69, 9.17) is 4.74 Å². The zero-order chi connectivity index (χ0) is 19.5. The Hall–Kier alpha value is -2.49. The van der Waals surface area contributed by atoms with Gasteiger partial charge in [-0.2, -0.15) is 0 Å². The highest BCUT2D eigenvalue weighted by atomic mass is 32.2. The number of aryl methyl sites for hydroxylation is 1. The van der Waals surface area contributed by atoms with Gasteiger partial charge < -0.3 is 4.74 Å². The van der Waals surface area contributed by atoms with Crippen molar-refractivity contribution in [1.82, 2.24) is 14.4 Å². The summed E-state index contributed by atoms with van der Waals surface area (Å²) in [6.07, 6.45) is 1.67. The summed E-state index contributed by atoms with van der Waals surface area (Å²) in [5, 5.41) is 3.79. The van der Waals surface area contributed by atoms with Gasteiger partial charge in [-0.25, -0.2) is 14.8 Å². The molecule has 142 valence electrons. The Morgan fingerprint density at radius 1 is 1.25 bits per heavy atom. The molecule has 0 fully saturated rings. The molecule has 4 rings (SSSR count). The first-order valence-corrected chi connectivity index (χ1v) is 11.1. The number of carbonyl (C=O) groups is 1. The van der Waals surface area contributed by atoms with E-state index in [1.807, 2.05) is 24.4 Å². The summed E-state index contributed by atoms with van der Waals surface area (Å²) in [6, 6.07) is 8.75. The van der Waals surface area contributed by atoms with Crippen molar-refractivity contribution in [2.24, 2.45) is 0 Å². The number of esters is 1. The number of aromatic nitrogens is 3. The smallest absolute Gasteiger partial charge is 0.338 e. The molecule has 0 aliphatic heterocycles. The van der Waals surface area contributed by atoms with Crippen LogP contribution in [0.15, 0.2) is 56.4 Å². The minimum absolute atomic E-state index is 0.0460. The zero-order valence-corrected chi connectivity index (χ0v) is 17.3. The molecule has 1 aromatic carbocycles. The Kier molecular flexibility index (Phi) is 5.56. The summed E-state index contributed by atoms with van der Waals surface area (Å²) < 4.78 is 7.85. The SMILES string of the molecule is Cc1csc(SCc2ccccc2C(=O)OCc2cc(=O)n3ccsc3n2)n1. The second-order valence-corrected chi connectivity index (χ2v) is 8.87. The molecule has 6 nitrogen and oxygen atoms in total. The molecule has 0 saturated carbocycles. The minimum Gasteiger partial charge on any atom is -0.456 e. The van der Waals surface area contributed by atoms with E-state index in [-0.39, 0.29) is 12.2 Å². The molecule has 9 heteroatoms. The molecule has 0 unspecified atom stereocenters. The van der Waals surface area contributed by atoms with Gasteiger partial charge in [0.1, 0.15) is 10.9 Å². The van der Waals surface area contributed by atoms with Crippen LogP contribution in [0, 0.1) is 6.92 Å². The van der Waals surface area contributed by atoms with Gasteiger partial charge in [-0.05, 0) is 18.6 Å². The normalized spacial score (nSPS) is 11.0. The van der Waals surface area contributed by atoms with Gasteiger partial charge in [0, 0.05) is 34.5 Å². The summed E-state index contributed by atoms with van der Waals surface area (Å²) in [5.74, 6) is 0.193. The van der Waals surface area contributed by atoms with Gasteiger partial charge in [0.25, 0.3) is 5.56 Å². The lowest BCUT2D eigenvalue weighted by atomic mass is 10.1. The number of ether oxygens (including phenoxy) is 1. The van der Waals surface area contributed by atoms with E-state index in [1.165, 1.54) is 21.8 Å². The Labute approximate surface area is 172 Å². The van der Waals surface area contributed by atoms with Crippen LogP contribution in [-0.2, 0) is 17.1 Å². The van der Waals surface area contributed by atoms with Crippen LogP contribution in [0.1, 0.15) is 27.3 Å². The zero-order valence-electron chi connectivity index (χ0n) is 14.8. The van der Waals surface area contributed by atoms with Crippen LogP contribution in [0.25, 0.3) is 4.96 Å². The van der Waals surface area contributed by atoms with Crippen molar-refractivity contribution in [2.75, 3.05) is 0 Å². The first-order valence-electron chi connectivity index (χ1n) is 8.36. The molecular formula is C19H15N3O3S3. The lowest BCUT2D eigenvalue weighted by molar-refractivity contribution is 0.0467. The van der Waals surface area contributed by atoms with Crippen LogP contribution in [-0.4, -0.2) is 20.3 Å². The molecule has 0 amide bonds. The molecule has 0 aliphatic rings. The monoisotopic (exact) mass is 429 g/mol.